The second-order valence-corrected chi connectivity index (χ2v) is 10.6. The Kier molecular flexibility index (Phi) is 9.22. The van der Waals surface area contributed by atoms with Crippen LogP contribution in [0.4, 0.5) is 13.2 Å². The summed E-state index contributed by atoms with van der Waals surface area (Å²) in [6.07, 6.45) is -5.88. The lowest BCUT2D eigenvalue weighted by atomic mass is 9.96. The van der Waals surface area contributed by atoms with Gasteiger partial charge in [-0.3, -0.25) is 9.59 Å². The third-order valence-corrected chi connectivity index (χ3v) is 8.27. The molecule has 3 rings (SSSR count). The van der Waals surface area contributed by atoms with E-state index in [1.165, 1.54) is 50.4 Å². The van der Waals surface area contributed by atoms with Crippen LogP contribution in [0.2, 0.25) is 0 Å². The van der Waals surface area contributed by atoms with Crippen LogP contribution in [0.25, 0.3) is 0 Å². The number of carbonyl (C=O) groups excluding carboxylic acids is 2. The molecular weight excluding hydrogens is 533 g/mol. The number of alkyl halides is 3. The van der Waals surface area contributed by atoms with Crippen molar-refractivity contribution < 1.29 is 50.1 Å². The lowest BCUT2D eigenvalue weighted by Crippen LogP contribution is -2.58. The Bertz CT molecular complexity index is 1210. The van der Waals surface area contributed by atoms with E-state index in [0.29, 0.717) is 13.1 Å². The summed E-state index contributed by atoms with van der Waals surface area (Å²) in [5.74, 6) is -1.36. The lowest BCUT2D eigenvalue weighted by Gasteiger charge is -2.35. The van der Waals surface area contributed by atoms with Gasteiger partial charge in [0.15, 0.2) is 14.6 Å². The van der Waals surface area contributed by atoms with Gasteiger partial charge in [0, 0.05) is 14.0 Å². The second kappa shape index (κ2) is 12.0. The number of ether oxygens (including phenoxy) is 4. The number of nitrogens with one attached hydrogen (secondary N) is 2. The highest BCUT2D eigenvalue weighted by atomic mass is 32.2. The van der Waals surface area contributed by atoms with E-state index in [4.69, 9.17) is 14.2 Å². The molecule has 1 aliphatic heterocycles. The van der Waals surface area contributed by atoms with Crippen LogP contribution in [0, 0.1) is 0 Å². The third-order valence-electron chi connectivity index (χ3n) is 5.76. The highest BCUT2D eigenvalue weighted by Gasteiger charge is 2.51. The van der Waals surface area contributed by atoms with E-state index in [1.54, 1.807) is 0 Å². The molecule has 1 fully saturated rings. The highest BCUT2D eigenvalue weighted by Crippen LogP contribution is 2.35. The highest BCUT2D eigenvalue weighted by molar-refractivity contribution is 7.93. The van der Waals surface area contributed by atoms with Gasteiger partial charge in [0.1, 0.15) is 17.2 Å². The van der Waals surface area contributed by atoms with Crippen molar-refractivity contribution in [2.45, 2.75) is 42.1 Å². The Labute approximate surface area is 217 Å². The van der Waals surface area contributed by atoms with E-state index in [0.717, 1.165) is 12.1 Å². The fourth-order valence-electron chi connectivity index (χ4n) is 3.90. The van der Waals surface area contributed by atoms with Crippen molar-refractivity contribution in [1.29, 1.82) is 0 Å². The van der Waals surface area contributed by atoms with Crippen molar-refractivity contribution in [1.82, 2.24) is 10.6 Å². The minimum Gasteiger partial charge on any atom is -0.457 e. The minimum absolute atomic E-state index is 0.0109. The molecule has 1 atom stereocenters. The van der Waals surface area contributed by atoms with Gasteiger partial charge in [-0.25, -0.2) is 8.42 Å². The van der Waals surface area contributed by atoms with Crippen LogP contribution in [-0.2, 0) is 28.9 Å². The molecule has 14 heteroatoms. The lowest BCUT2D eigenvalue weighted by molar-refractivity contribution is -0.274. The minimum atomic E-state index is -4.82. The summed E-state index contributed by atoms with van der Waals surface area (Å²) >= 11 is 0. The normalized spacial score (nSPS) is 16.2. The average Bonchev–Trinajstić information content (AvgIpc) is 2.87. The second-order valence-electron chi connectivity index (χ2n) is 8.33. The SMILES string of the molecule is COC(CNC(=O)C1(S(=O)(=O)c2ccc(Oc3ccc(OC(F)(F)F)cc3)cc2)CCNCC1)OC(C)=O. The van der Waals surface area contributed by atoms with Crippen LogP contribution in [-0.4, -0.2) is 64.4 Å². The third kappa shape index (κ3) is 7.14. The zero-order valence-electron chi connectivity index (χ0n) is 20.5. The van der Waals surface area contributed by atoms with E-state index in [9.17, 15) is 31.2 Å². The van der Waals surface area contributed by atoms with Crippen LogP contribution < -0.4 is 20.1 Å². The number of halogens is 3. The number of sulfone groups is 1. The van der Waals surface area contributed by atoms with E-state index in [1.807, 2.05) is 0 Å². The molecule has 0 saturated carbocycles. The Morgan fingerprint density at radius 2 is 1.53 bits per heavy atom. The summed E-state index contributed by atoms with van der Waals surface area (Å²) in [6, 6.07) is 10.0. The maximum atomic E-state index is 13.7. The Morgan fingerprint density at radius 3 is 2.03 bits per heavy atom. The van der Waals surface area contributed by atoms with Gasteiger partial charge in [0.2, 0.25) is 12.2 Å². The molecule has 0 aliphatic carbocycles. The molecule has 0 aromatic heterocycles. The number of piperidine rings is 1. The van der Waals surface area contributed by atoms with Gasteiger partial charge in [0.25, 0.3) is 0 Å². The Balaban J connectivity index is 1.76. The maximum absolute atomic E-state index is 13.7. The number of rotatable bonds is 10. The molecule has 1 unspecified atom stereocenters. The summed E-state index contributed by atoms with van der Waals surface area (Å²) in [7, 11) is -2.91. The molecule has 2 aromatic carbocycles. The van der Waals surface area contributed by atoms with Crippen LogP contribution in [0.3, 0.4) is 0 Å². The predicted molar refractivity (Wildman–Crippen MR) is 127 cm³/mol. The molecule has 38 heavy (non-hydrogen) atoms. The number of benzene rings is 2. The molecule has 0 bridgehead atoms. The van der Waals surface area contributed by atoms with E-state index >= 15 is 0 Å². The fourth-order valence-corrected chi connectivity index (χ4v) is 5.91. The van der Waals surface area contributed by atoms with Gasteiger partial charge in [-0.1, -0.05) is 0 Å². The average molecular weight is 561 g/mol. The van der Waals surface area contributed by atoms with Gasteiger partial charge < -0.3 is 29.6 Å². The first-order valence-corrected chi connectivity index (χ1v) is 12.9. The first-order valence-electron chi connectivity index (χ1n) is 11.4. The molecule has 208 valence electrons. The van der Waals surface area contributed by atoms with Gasteiger partial charge in [0.05, 0.1) is 11.4 Å². The Hall–Kier alpha value is -3.36. The van der Waals surface area contributed by atoms with E-state index < -0.39 is 44.9 Å². The molecular formula is C24H27F3N2O8S. The molecule has 1 saturated heterocycles. The molecule has 10 nitrogen and oxygen atoms in total. The summed E-state index contributed by atoms with van der Waals surface area (Å²) in [4.78, 5) is 24.3. The monoisotopic (exact) mass is 560 g/mol. The number of amides is 1. The number of hydrogen-bond acceptors (Lipinski definition) is 9. The van der Waals surface area contributed by atoms with Crippen molar-refractivity contribution >= 4 is 21.7 Å². The van der Waals surface area contributed by atoms with Crippen molar-refractivity contribution in [3.8, 4) is 17.2 Å². The summed E-state index contributed by atoms with van der Waals surface area (Å²) in [5, 5.41) is 5.58. The topological polar surface area (TPSA) is 129 Å². The van der Waals surface area contributed by atoms with Crippen molar-refractivity contribution in [3.05, 3.63) is 48.5 Å². The first-order chi connectivity index (χ1) is 17.9. The van der Waals surface area contributed by atoms with E-state index in [2.05, 4.69) is 15.4 Å². The van der Waals surface area contributed by atoms with Crippen LogP contribution in [0.5, 0.6) is 17.2 Å². The van der Waals surface area contributed by atoms with Gasteiger partial charge in [-0.15, -0.1) is 13.2 Å². The quantitative estimate of drug-likeness (QED) is 0.333. The zero-order chi connectivity index (χ0) is 28.0. The van der Waals surface area contributed by atoms with Crippen molar-refractivity contribution in [2.24, 2.45) is 0 Å². The number of hydrogen-bond donors (Lipinski definition) is 2. The van der Waals surface area contributed by atoms with Crippen molar-refractivity contribution in [2.75, 3.05) is 26.7 Å². The Morgan fingerprint density at radius 1 is 1.00 bits per heavy atom. The molecule has 0 spiro atoms. The molecule has 1 heterocycles. The maximum Gasteiger partial charge on any atom is 0.573 e. The number of methoxy groups -OCH3 is 1. The molecule has 1 amide bonds. The van der Waals surface area contributed by atoms with Gasteiger partial charge in [-0.2, -0.15) is 0 Å². The zero-order valence-corrected chi connectivity index (χ0v) is 21.4. The van der Waals surface area contributed by atoms with Crippen molar-refractivity contribution in [3.63, 3.8) is 0 Å². The molecule has 0 radical (unpaired) electrons. The molecule has 2 N–H and O–H groups in total. The summed E-state index contributed by atoms with van der Waals surface area (Å²) in [5.41, 5.74) is 0. The van der Waals surface area contributed by atoms with Gasteiger partial charge >= 0.3 is 12.3 Å². The number of esters is 1. The molecule has 2 aromatic rings. The summed E-state index contributed by atoms with van der Waals surface area (Å²) in [6.45, 7) is 1.52. The molecule has 1 aliphatic rings. The predicted octanol–water partition coefficient (Wildman–Crippen LogP) is 2.93. The summed E-state index contributed by atoms with van der Waals surface area (Å²) < 4.78 is 81.9. The fraction of sp³-hybridized carbons (Fsp3) is 0.417. The van der Waals surface area contributed by atoms with Crippen LogP contribution in [0.1, 0.15) is 19.8 Å². The standard InChI is InChI=1S/C24H27F3N2O8S/c1-16(30)35-21(34-2)15-29-22(31)23(11-13-28-14-12-23)38(32,33)20-9-7-18(8-10-20)36-17-3-5-19(6-4-17)37-24(25,26)27/h3-10,21,28H,11-15H2,1-2H3,(H,29,31). The number of carbonyl (C=O) groups is 2. The smallest absolute Gasteiger partial charge is 0.457 e. The van der Waals surface area contributed by atoms with Crippen LogP contribution in [0.15, 0.2) is 53.4 Å². The largest absolute Gasteiger partial charge is 0.573 e. The van der Waals surface area contributed by atoms with Crippen LogP contribution >= 0.6 is 0 Å². The van der Waals surface area contributed by atoms with E-state index in [-0.39, 0.29) is 35.8 Å². The first kappa shape index (κ1) is 29.2. The van der Waals surface area contributed by atoms with Gasteiger partial charge in [-0.05, 0) is 74.5 Å².